The summed E-state index contributed by atoms with van der Waals surface area (Å²) < 4.78 is 2.93. The lowest BCUT2D eigenvalue weighted by molar-refractivity contribution is -0.113. The van der Waals surface area contributed by atoms with E-state index in [1.807, 2.05) is 48.1 Å². The van der Waals surface area contributed by atoms with Crippen LogP contribution in [0, 0.1) is 0 Å². The van der Waals surface area contributed by atoms with E-state index in [0.29, 0.717) is 5.13 Å². The molecule has 2 aromatic heterocycles. The van der Waals surface area contributed by atoms with Crippen molar-refractivity contribution in [2.75, 3.05) is 11.1 Å². The van der Waals surface area contributed by atoms with Gasteiger partial charge in [0, 0.05) is 21.5 Å². The molecule has 9 heteroatoms. The summed E-state index contributed by atoms with van der Waals surface area (Å²) in [4.78, 5) is 16.6. The lowest BCUT2D eigenvalue weighted by Gasteiger charge is -2.08. The number of thiazole rings is 1. The van der Waals surface area contributed by atoms with Crippen LogP contribution in [0.2, 0.25) is 0 Å². The van der Waals surface area contributed by atoms with Crippen LogP contribution in [0.1, 0.15) is 19.9 Å². The van der Waals surface area contributed by atoms with E-state index in [9.17, 15) is 4.79 Å². The second-order valence-corrected chi connectivity index (χ2v) is 8.22. The molecule has 1 N–H and O–H groups in total. The Kier molecular flexibility index (Phi) is 5.87. The van der Waals surface area contributed by atoms with Crippen LogP contribution >= 0.6 is 39.0 Å². The van der Waals surface area contributed by atoms with Crippen LogP contribution in [0.3, 0.4) is 0 Å². The number of thioether (sulfide) groups is 1. The van der Waals surface area contributed by atoms with Gasteiger partial charge in [-0.1, -0.05) is 39.8 Å². The molecule has 25 heavy (non-hydrogen) atoms. The molecule has 3 rings (SSSR count). The fraction of sp³-hybridized carbons (Fsp3) is 0.250. The maximum Gasteiger partial charge on any atom is 0.236 e. The Labute approximate surface area is 162 Å². The molecule has 0 fully saturated rings. The second kappa shape index (κ2) is 8.11. The van der Waals surface area contributed by atoms with Gasteiger partial charge in [-0.15, -0.1) is 21.5 Å². The molecule has 3 aromatic rings. The van der Waals surface area contributed by atoms with Crippen LogP contribution in [0.5, 0.6) is 0 Å². The third-order valence-corrected chi connectivity index (χ3v) is 5.51. The number of benzene rings is 1. The summed E-state index contributed by atoms with van der Waals surface area (Å²) in [5.74, 6) is 0.149. The van der Waals surface area contributed by atoms with Gasteiger partial charge in [0.05, 0.1) is 11.4 Å². The molecule has 0 bridgehead atoms. The maximum atomic E-state index is 12.2. The minimum atomic E-state index is -0.113. The number of halogens is 1. The fourth-order valence-corrected chi connectivity index (χ4v) is 4.07. The van der Waals surface area contributed by atoms with Crippen molar-refractivity contribution in [3.8, 4) is 11.3 Å². The monoisotopic (exact) mass is 437 g/mol. The highest BCUT2D eigenvalue weighted by Gasteiger charge is 2.12. The molecule has 1 aromatic carbocycles. The highest BCUT2D eigenvalue weighted by atomic mass is 79.9. The first-order valence-corrected chi connectivity index (χ1v) is 10.2. The molecule has 0 aliphatic rings. The van der Waals surface area contributed by atoms with Crippen molar-refractivity contribution in [3.05, 3.63) is 40.4 Å². The molecule has 6 nitrogen and oxygen atoms in total. The average Bonchev–Trinajstić information content (AvgIpc) is 3.22. The van der Waals surface area contributed by atoms with Gasteiger partial charge in [-0.3, -0.25) is 4.79 Å². The summed E-state index contributed by atoms with van der Waals surface area (Å²) in [6.45, 7) is 4.10. The zero-order chi connectivity index (χ0) is 17.8. The number of rotatable bonds is 6. The Morgan fingerprint density at radius 2 is 2.28 bits per heavy atom. The number of carbonyl (C=O) groups excluding carboxylic acids is 1. The fourth-order valence-electron chi connectivity index (χ4n) is 2.09. The van der Waals surface area contributed by atoms with Gasteiger partial charge < -0.3 is 9.88 Å². The van der Waals surface area contributed by atoms with Crippen LogP contribution in [-0.2, 0) is 4.79 Å². The molecule has 130 valence electrons. The SMILES string of the molecule is CC(C)n1cnnc1SCC(=O)Nc1nc(-c2cccc(Br)c2)cs1. The van der Waals surface area contributed by atoms with Gasteiger partial charge in [-0.2, -0.15) is 0 Å². The first-order chi connectivity index (χ1) is 12.0. The predicted octanol–water partition coefficient (Wildman–Crippen LogP) is 4.48. The summed E-state index contributed by atoms with van der Waals surface area (Å²) in [6, 6.07) is 8.16. The Morgan fingerprint density at radius 1 is 1.44 bits per heavy atom. The molecule has 0 saturated carbocycles. The molecule has 0 unspecified atom stereocenters. The van der Waals surface area contributed by atoms with Crippen LogP contribution in [-0.4, -0.2) is 31.4 Å². The van der Waals surface area contributed by atoms with Gasteiger partial charge in [-0.25, -0.2) is 4.98 Å². The third kappa shape index (κ3) is 4.68. The lowest BCUT2D eigenvalue weighted by Crippen LogP contribution is -2.14. The molecular formula is C16H16BrN5OS2. The maximum absolute atomic E-state index is 12.2. The molecule has 0 aliphatic carbocycles. The summed E-state index contributed by atoms with van der Waals surface area (Å²) in [7, 11) is 0. The number of aromatic nitrogens is 4. The van der Waals surface area contributed by atoms with Gasteiger partial charge in [0.15, 0.2) is 10.3 Å². The molecule has 1 amide bonds. The highest BCUT2D eigenvalue weighted by molar-refractivity contribution is 9.10. The molecular weight excluding hydrogens is 422 g/mol. The topological polar surface area (TPSA) is 72.7 Å². The summed E-state index contributed by atoms with van der Waals surface area (Å²) >= 11 is 6.22. The van der Waals surface area contributed by atoms with Crippen molar-refractivity contribution in [3.63, 3.8) is 0 Å². The highest BCUT2D eigenvalue weighted by Crippen LogP contribution is 2.27. The lowest BCUT2D eigenvalue weighted by atomic mass is 10.2. The van der Waals surface area contributed by atoms with Crippen LogP contribution < -0.4 is 5.32 Å². The Hall–Kier alpha value is -1.71. The van der Waals surface area contributed by atoms with Gasteiger partial charge >= 0.3 is 0 Å². The minimum Gasteiger partial charge on any atom is -0.306 e. The van der Waals surface area contributed by atoms with Crippen molar-refractivity contribution >= 4 is 50.1 Å². The van der Waals surface area contributed by atoms with E-state index >= 15 is 0 Å². The molecule has 0 aliphatic heterocycles. The Balaban J connectivity index is 1.59. The van der Waals surface area contributed by atoms with E-state index in [2.05, 4.69) is 36.4 Å². The van der Waals surface area contributed by atoms with E-state index < -0.39 is 0 Å². The molecule has 0 spiro atoms. The summed E-state index contributed by atoms with van der Waals surface area (Å²) in [5, 5.41) is 14.0. The van der Waals surface area contributed by atoms with E-state index in [4.69, 9.17) is 0 Å². The number of anilines is 1. The van der Waals surface area contributed by atoms with E-state index in [1.54, 1.807) is 6.33 Å². The standard InChI is InChI=1S/C16H16BrN5OS2/c1-10(2)22-9-18-21-16(22)25-8-14(23)20-15-19-13(7-24-15)11-4-3-5-12(17)6-11/h3-7,9-10H,8H2,1-2H3,(H,19,20,23). The summed E-state index contributed by atoms with van der Waals surface area (Å²) in [6.07, 6.45) is 1.68. The van der Waals surface area contributed by atoms with E-state index in [0.717, 1.165) is 20.9 Å². The van der Waals surface area contributed by atoms with Crippen molar-refractivity contribution in [1.29, 1.82) is 0 Å². The first kappa shape index (κ1) is 18.1. The van der Waals surface area contributed by atoms with Crippen molar-refractivity contribution in [2.24, 2.45) is 0 Å². The van der Waals surface area contributed by atoms with Gasteiger partial charge in [0.25, 0.3) is 0 Å². The van der Waals surface area contributed by atoms with Crippen molar-refractivity contribution in [2.45, 2.75) is 25.0 Å². The van der Waals surface area contributed by atoms with Crippen LogP contribution in [0.15, 0.2) is 45.6 Å². The minimum absolute atomic E-state index is 0.113. The van der Waals surface area contributed by atoms with Crippen LogP contribution in [0.4, 0.5) is 5.13 Å². The molecule has 0 saturated heterocycles. The quantitative estimate of drug-likeness (QED) is 0.575. The van der Waals surface area contributed by atoms with Gasteiger partial charge in [0.1, 0.15) is 6.33 Å². The number of amides is 1. The molecule has 0 radical (unpaired) electrons. The first-order valence-electron chi connectivity index (χ1n) is 7.56. The van der Waals surface area contributed by atoms with Crippen LogP contribution in [0.25, 0.3) is 11.3 Å². The largest absolute Gasteiger partial charge is 0.306 e. The summed E-state index contributed by atoms with van der Waals surface area (Å²) in [5.41, 5.74) is 1.85. The number of hydrogen-bond donors (Lipinski definition) is 1. The Morgan fingerprint density at radius 3 is 3.04 bits per heavy atom. The zero-order valence-electron chi connectivity index (χ0n) is 13.6. The number of hydrogen-bond acceptors (Lipinski definition) is 6. The Bertz CT molecular complexity index is 877. The smallest absolute Gasteiger partial charge is 0.236 e. The predicted molar refractivity (Wildman–Crippen MR) is 105 cm³/mol. The van der Waals surface area contributed by atoms with Gasteiger partial charge in [0.2, 0.25) is 5.91 Å². The van der Waals surface area contributed by atoms with Crippen molar-refractivity contribution in [1.82, 2.24) is 19.7 Å². The number of nitrogens with one attached hydrogen (secondary N) is 1. The van der Waals surface area contributed by atoms with Gasteiger partial charge in [-0.05, 0) is 26.0 Å². The third-order valence-electron chi connectivity index (χ3n) is 3.30. The van der Waals surface area contributed by atoms with E-state index in [1.165, 1.54) is 23.1 Å². The normalized spacial score (nSPS) is 11.0. The zero-order valence-corrected chi connectivity index (χ0v) is 16.9. The number of carbonyl (C=O) groups is 1. The molecule has 2 heterocycles. The van der Waals surface area contributed by atoms with Crippen molar-refractivity contribution < 1.29 is 4.79 Å². The second-order valence-electron chi connectivity index (χ2n) is 5.50. The average molecular weight is 438 g/mol. The van der Waals surface area contributed by atoms with E-state index in [-0.39, 0.29) is 17.7 Å². The number of nitrogens with zero attached hydrogens (tertiary/aromatic N) is 4. The molecule has 0 atom stereocenters.